The van der Waals surface area contributed by atoms with Crippen LogP contribution in [0.1, 0.15) is 41.6 Å². The zero-order chi connectivity index (χ0) is 15.6. The fourth-order valence-corrected chi connectivity index (χ4v) is 4.24. The number of carboxylic acid groups (broad SMARTS) is 1. The zero-order valence-electron chi connectivity index (χ0n) is 11.7. The molecule has 0 heterocycles. The van der Waals surface area contributed by atoms with Crippen LogP contribution in [0.5, 0.6) is 0 Å². The van der Waals surface area contributed by atoms with E-state index in [0.717, 1.165) is 6.42 Å². The first kappa shape index (κ1) is 16.5. The van der Waals surface area contributed by atoms with Gasteiger partial charge in [-0.15, -0.1) is 0 Å². The summed E-state index contributed by atoms with van der Waals surface area (Å²) in [6.45, 7) is 2.04. The molecule has 1 saturated carbocycles. The number of rotatable bonds is 6. The maximum absolute atomic E-state index is 12.3. The average Bonchev–Trinajstić information content (AvgIpc) is 2.35. The van der Waals surface area contributed by atoms with Crippen molar-refractivity contribution in [3.8, 4) is 0 Å². The highest BCUT2D eigenvalue weighted by molar-refractivity contribution is 9.10. The maximum Gasteiger partial charge on any atom is 0.335 e. The van der Waals surface area contributed by atoms with E-state index in [-0.39, 0.29) is 10.5 Å². The van der Waals surface area contributed by atoms with E-state index in [1.54, 1.807) is 6.92 Å². The van der Waals surface area contributed by atoms with Gasteiger partial charge in [0.2, 0.25) is 10.0 Å². The average molecular weight is 376 g/mol. The van der Waals surface area contributed by atoms with Crippen LogP contribution in [0.2, 0.25) is 0 Å². The molecule has 7 heteroatoms. The second-order valence-corrected chi connectivity index (χ2v) is 7.96. The lowest BCUT2D eigenvalue weighted by Gasteiger charge is -2.25. The maximum atomic E-state index is 12.3. The van der Waals surface area contributed by atoms with Gasteiger partial charge in [0.15, 0.2) is 0 Å². The molecule has 0 unspecified atom stereocenters. The molecule has 1 aromatic rings. The van der Waals surface area contributed by atoms with E-state index in [2.05, 4.69) is 20.7 Å². The third kappa shape index (κ3) is 3.84. The van der Waals surface area contributed by atoms with Gasteiger partial charge in [0, 0.05) is 11.0 Å². The van der Waals surface area contributed by atoms with Crippen molar-refractivity contribution in [2.75, 3.05) is 6.54 Å². The molecular weight excluding hydrogens is 358 g/mol. The van der Waals surface area contributed by atoms with Crippen LogP contribution in [0, 0.1) is 12.8 Å². The van der Waals surface area contributed by atoms with E-state index >= 15 is 0 Å². The Balaban J connectivity index is 2.19. The van der Waals surface area contributed by atoms with Crippen LogP contribution in [-0.4, -0.2) is 26.0 Å². The van der Waals surface area contributed by atoms with Crippen molar-refractivity contribution < 1.29 is 18.3 Å². The first-order chi connectivity index (χ1) is 9.81. The molecule has 0 aliphatic heterocycles. The highest BCUT2D eigenvalue weighted by Gasteiger charge is 2.22. The largest absolute Gasteiger partial charge is 0.478 e. The molecular formula is C14H18BrNO4S. The van der Waals surface area contributed by atoms with Crippen LogP contribution in [0.15, 0.2) is 21.5 Å². The van der Waals surface area contributed by atoms with E-state index in [4.69, 9.17) is 5.11 Å². The van der Waals surface area contributed by atoms with Crippen LogP contribution in [0.25, 0.3) is 0 Å². The number of hydrogen-bond acceptors (Lipinski definition) is 3. The summed E-state index contributed by atoms with van der Waals surface area (Å²) in [6, 6.07) is 2.61. The van der Waals surface area contributed by atoms with E-state index in [0.29, 0.717) is 22.5 Å². The summed E-state index contributed by atoms with van der Waals surface area (Å²) >= 11 is 3.21. The molecule has 2 rings (SSSR count). The van der Waals surface area contributed by atoms with Gasteiger partial charge in [0.1, 0.15) is 0 Å². The Kier molecular flexibility index (Phi) is 5.06. The monoisotopic (exact) mass is 375 g/mol. The van der Waals surface area contributed by atoms with Gasteiger partial charge in [-0.1, -0.05) is 35.2 Å². The van der Waals surface area contributed by atoms with Gasteiger partial charge in [-0.25, -0.2) is 17.9 Å². The molecule has 5 nitrogen and oxygen atoms in total. The predicted molar refractivity (Wildman–Crippen MR) is 83.0 cm³/mol. The topological polar surface area (TPSA) is 83.5 Å². The molecule has 1 aliphatic carbocycles. The molecule has 0 amide bonds. The molecule has 0 aromatic heterocycles. The van der Waals surface area contributed by atoms with Crippen LogP contribution < -0.4 is 4.72 Å². The van der Waals surface area contributed by atoms with Gasteiger partial charge in [-0.05, 0) is 37.0 Å². The summed E-state index contributed by atoms with van der Waals surface area (Å²) in [6.07, 6.45) is 4.39. The number of nitrogens with one attached hydrogen (secondary N) is 1. The van der Waals surface area contributed by atoms with Gasteiger partial charge < -0.3 is 5.11 Å². The molecule has 0 spiro atoms. The third-order valence-electron chi connectivity index (χ3n) is 3.90. The summed E-state index contributed by atoms with van der Waals surface area (Å²) in [7, 11) is -3.69. The Morgan fingerprint density at radius 1 is 1.43 bits per heavy atom. The van der Waals surface area contributed by atoms with E-state index in [1.165, 1.54) is 31.4 Å². The highest BCUT2D eigenvalue weighted by Crippen LogP contribution is 2.29. The molecule has 1 aromatic carbocycles. The summed E-state index contributed by atoms with van der Waals surface area (Å²) in [5.74, 6) is -0.535. The second-order valence-electron chi connectivity index (χ2n) is 5.37. The Morgan fingerprint density at radius 3 is 2.62 bits per heavy atom. The summed E-state index contributed by atoms with van der Waals surface area (Å²) in [4.78, 5) is 11.1. The molecule has 0 saturated heterocycles. The van der Waals surface area contributed by atoms with Crippen LogP contribution >= 0.6 is 15.9 Å². The Hall–Kier alpha value is -0.920. The zero-order valence-corrected chi connectivity index (χ0v) is 14.1. The number of aromatic carboxylic acids is 1. The lowest BCUT2D eigenvalue weighted by atomic mass is 9.83. The first-order valence-corrected chi connectivity index (χ1v) is 9.12. The summed E-state index contributed by atoms with van der Waals surface area (Å²) in [5, 5.41) is 9.04. The molecule has 0 atom stereocenters. The smallest absolute Gasteiger partial charge is 0.335 e. The predicted octanol–water partition coefficient (Wildman–Crippen LogP) is 2.92. The van der Waals surface area contributed by atoms with Crippen molar-refractivity contribution in [3.63, 3.8) is 0 Å². The van der Waals surface area contributed by atoms with Crippen molar-refractivity contribution >= 4 is 31.9 Å². The Morgan fingerprint density at radius 2 is 2.10 bits per heavy atom. The van der Waals surface area contributed by atoms with Crippen molar-refractivity contribution in [2.45, 2.75) is 37.5 Å². The van der Waals surface area contributed by atoms with Gasteiger partial charge in [-0.2, -0.15) is 0 Å². The van der Waals surface area contributed by atoms with Crippen LogP contribution in [0.4, 0.5) is 0 Å². The lowest BCUT2D eigenvalue weighted by molar-refractivity contribution is 0.0696. The van der Waals surface area contributed by atoms with Crippen molar-refractivity contribution in [2.24, 2.45) is 5.92 Å². The minimum Gasteiger partial charge on any atom is -0.478 e. The quantitative estimate of drug-likeness (QED) is 0.800. The van der Waals surface area contributed by atoms with E-state index < -0.39 is 16.0 Å². The molecule has 116 valence electrons. The van der Waals surface area contributed by atoms with Gasteiger partial charge in [0.25, 0.3) is 0 Å². The van der Waals surface area contributed by atoms with E-state index in [9.17, 15) is 13.2 Å². The Labute approximate surface area is 132 Å². The molecule has 1 fully saturated rings. The first-order valence-electron chi connectivity index (χ1n) is 6.84. The molecule has 2 N–H and O–H groups in total. The highest BCUT2D eigenvalue weighted by atomic mass is 79.9. The van der Waals surface area contributed by atoms with Crippen LogP contribution in [0.3, 0.4) is 0 Å². The minimum absolute atomic E-state index is 0.0166. The van der Waals surface area contributed by atoms with E-state index in [1.807, 2.05) is 0 Å². The fraction of sp³-hybridized carbons (Fsp3) is 0.500. The number of carboxylic acids is 1. The fourth-order valence-electron chi connectivity index (χ4n) is 2.31. The van der Waals surface area contributed by atoms with Crippen LogP contribution in [-0.2, 0) is 10.0 Å². The molecule has 1 aliphatic rings. The van der Waals surface area contributed by atoms with Crippen molar-refractivity contribution in [3.05, 3.63) is 27.7 Å². The standard InChI is InChI=1S/C14H18BrNO4S/c1-9-12(15)7-11(14(17)18)8-13(9)21(19,20)16-6-5-10-3-2-4-10/h7-8,10,16H,2-6H2,1H3,(H,17,18). The summed E-state index contributed by atoms with van der Waals surface area (Å²) < 4.78 is 27.7. The normalized spacial score (nSPS) is 15.7. The number of halogens is 1. The van der Waals surface area contributed by atoms with Gasteiger partial charge in [0.05, 0.1) is 10.5 Å². The number of sulfonamides is 1. The number of hydrogen-bond donors (Lipinski definition) is 2. The summed E-state index contributed by atoms with van der Waals surface area (Å²) in [5.41, 5.74) is 0.461. The second kappa shape index (κ2) is 6.46. The SMILES string of the molecule is Cc1c(Br)cc(C(=O)O)cc1S(=O)(=O)NCCC1CCC1. The molecule has 21 heavy (non-hydrogen) atoms. The van der Waals surface area contributed by atoms with Crippen molar-refractivity contribution in [1.29, 1.82) is 0 Å². The molecule has 0 bridgehead atoms. The molecule has 0 radical (unpaired) electrons. The van der Waals surface area contributed by atoms with Crippen molar-refractivity contribution in [1.82, 2.24) is 4.72 Å². The minimum atomic E-state index is -3.69. The Bertz CT molecular complexity index is 653. The lowest BCUT2D eigenvalue weighted by Crippen LogP contribution is -2.28. The van der Waals surface area contributed by atoms with Gasteiger partial charge >= 0.3 is 5.97 Å². The number of benzene rings is 1. The van der Waals surface area contributed by atoms with Gasteiger partial charge in [-0.3, -0.25) is 0 Å². The third-order valence-corrected chi connectivity index (χ3v) is 6.31. The number of carbonyl (C=O) groups is 1.